The summed E-state index contributed by atoms with van der Waals surface area (Å²) >= 11 is 0. The van der Waals surface area contributed by atoms with Crippen LogP contribution in [-0.4, -0.2) is 36.7 Å². The van der Waals surface area contributed by atoms with E-state index in [2.05, 4.69) is 13.8 Å². The highest BCUT2D eigenvalue weighted by Gasteiger charge is 2.30. The molecule has 1 heterocycles. The maximum Gasteiger partial charge on any atom is 0.410 e. The van der Waals surface area contributed by atoms with Gasteiger partial charge in [-0.1, -0.05) is 26.7 Å². The van der Waals surface area contributed by atoms with Gasteiger partial charge in [-0.05, 0) is 5.92 Å². The fourth-order valence-electron chi connectivity index (χ4n) is 1.70. The number of carbonyl (C=O) groups is 1. The zero-order valence-corrected chi connectivity index (χ0v) is 9.03. The van der Waals surface area contributed by atoms with Gasteiger partial charge in [-0.25, -0.2) is 4.79 Å². The highest BCUT2D eigenvalue weighted by Crippen LogP contribution is 2.16. The van der Waals surface area contributed by atoms with Crippen molar-refractivity contribution in [2.24, 2.45) is 11.7 Å². The first-order valence-corrected chi connectivity index (χ1v) is 5.36. The summed E-state index contributed by atoms with van der Waals surface area (Å²) in [6, 6.07) is 0. The average molecular weight is 200 g/mol. The van der Waals surface area contributed by atoms with Crippen LogP contribution in [-0.2, 0) is 4.74 Å². The quantitative estimate of drug-likeness (QED) is 0.725. The van der Waals surface area contributed by atoms with Crippen molar-refractivity contribution in [3.05, 3.63) is 0 Å². The van der Waals surface area contributed by atoms with E-state index < -0.39 is 0 Å². The number of amides is 1. The molecule has 14 heavy (non-hydrogen) atoms. The lowest BCUT2D eigenvalue weighted by atomic mass is 10.0. The Morgan fingerprint density at radius 2 is 2.21 bits per heavy atom. The van der Waals surface area contributed by atoms with Crippen LogP contribution in [0.4, 0.5) is 4.79 Å². The number of cyclic esters (lactones) is 1. The van der Waals surface area contributed by atoms with E-state index in [1.54, 1.807) is 4.90 Å². The predicted molar refractivity (Wildman–Crippen MR) is 55.0 cm³/mol. The molecule has 1 amide bonds. The summed E-state index contributed by atoms with van der Waals surface area (Å²) in [4.78, 5) is 13.1. The van der Waals surface area contributed by atoms with Gasteiger partial charge in [0.05, 0.1) is 6.54 Å². The molecule has 1 atom stereocenters. The van der Waals surface area contributed by atoms with Crippen molar-refractivity contribution in [1.82, 2.24) is 4.90 Å². The number of hydrogen-bond donors (Lipinski definition) is 1. The molecular weight excluding hydrogens is 180 g/mol. The molecule has 0 aliphatic carbocycles. The Morgan fingerprint density at radius 3 is 2.64 bits per heavy atom. The maximum absolute atomic E-state index is 11.4. The molecule has 0 aromatic rings. The van der Waals surface area contributed by atoms with Crippen LogP contribution in [0.3, 0.4) is 0 Å². The topological polar surface area (TPSA) is 55.6 Å². The van der Waals surface area contributed by atoms with Gasteiger partial charge >= 0.3 is 6.09 Å². The Morgan fingerprint density at radius 1 is 1.57 bits per heavy atom. The average Bonchev–Trinajstić information content (AvgIpc) is 2.56. The molecule has 0 aromatic heterocycles. The molecule has 82 valence electrons. The minimum atomic E-state index is -0.202. The van der Waals surface area contributed by atoms with Crippen molar-refractivity contribution >= 4 is 6.09 Å². The highest BCUT2D eigenvalue weighted by molar-refractivity contribution is 5.69. The Labute approximate surface area is 85.4 Å². The number of hydrogen-bond acceptors (Lipinski definition) is 3. The summed E-state index contributed by atoms with van der Waals surface area (Å²) in [6.07, 6.45) is 1.91. The molecule has 2 N–H and O–H groups in total. The minimum Gasteiger partial charge on any atom is -0.443 e. The van der Waals surface area contributed by atoms with E-state index in [1.807, 2.05) is 0 Å². The van der Waals surface area contributed by atoms with Gasteiger partial charge in [0.25, 0.3) is 0 Å². The molecule has 4 heteroatoms. The summed E-state index contributed by atoms with van der Waals surface area (Å²) in [5.41, 5.74) is 5.45. The molecule has 0 bridgehead atoms. The Bertz CT molecular complexity index is 193. The molecule has 1 unspecified atom stereocenters. The summed E-state index contributed by atoms with van der Waals surface area (Å²) < 4.78 is 5.07. The number of ether oxygens (including phenoxy) is 1. The molecule has 0 aromatic carbocycles. The Kier molecular flexibility index (Phi) is 4.20. The second-order valence-electron chi connectivity index (χ2n) is 3.83. The molecule has 1 fully saturated rings. The number of nitrogens with zero attached hydrogens (tertiary/aromatic N) is 1. The van der Waals surface area contributed by atoms with E-state index in [1.165, 1.54) is 0 Å². The Balaban J connectivity index is 2.41. The molecule has 4 nitrogen and oxygen atoms in total. The van der Waals surface area contributed by atoms with Gasteiger partial charge in [-0.15, -0.1) is 0 Å². The number of nitrogens with two attached hydrogens (primary N) is 1. The van der Waals surface area contributed by atoms with Crippen molar-refractivity contribution < 1.29 is 9.53 Å². The van der Waals surface area contributed by atoms with Gasteiger partial charge in [-0.3, -0.25) is 0 Å². The van der Waals surface area contributed by atoms with Crippen LogP contribution in [0.1, 0.15) is 26.7 Å². The van der Waals surface area contributed by atoms with E-state index >= 15 is 0 Å². The third-order valence-corrected chi connectivity index (χ3v) is 2.85. The first-order chi connectivity index (χ1) is 6.71. The normalized spacial score (nSPS) is 21.9. The number of rotatable bonds is 5. The Hall–Kier alpha value is -0.770. The fourth-order valence-corrected chi connectivity index (χ4v) is 1.70. The van der Waals surface area contributed by atoms with Gasteiger partial charge < -0.3 is 15.4 Å². The van der Waals surface area contributed by atoms with Gasteiger partial charge in [0.15, 0.2) is 0 Å². The van der Waals surface area contributed by atoms with E-state index in [4.69, 9.17) is 10.5 Å². The third kappa shape index (κ3) is 2.61. The van der Waals surface area contributed by atoms with Gasteiger partial charge in [0, 0.05) is 13.1 Å². The van der Waals surface area contributed by atoms with Gasteiger partial charge in [-0.2, -0.15) is 0 Å². The standard InChI is InChI=1S/C10H20N2O2/c1-3-8(4-2)6-12-7-9(5-11)14-10(12)13/h8-9H,3-7,11H2,1-2H3. The van der Waals surface area contributed by atoms with Gasteiger partial charge in [0.2, 0.25) is 0 Å². The van der Waals surface area contributed by atoms with Crippen LogP contribution >= 0.6 is 0 Å². The molecule has 1 saturated heterocycles. The SMILES string of the molecule is CCC(CC)CN1CC(CN)OC1=O. The molecule has 0 radical (unpaired) electrons. The molecular formula is C10H20N2O2. The minimum absolute atomic E-state index is 0.100. The van der Waals surface area contributed by atoms with Crippen LogP contribution in [0.25, 0.3) is 0 Å². The van der Waals surface area contributed by atoms with Crippen LogP contribution in [0.2, 0.25) is 0 Å². The zero-order chi connectivity index (χ0) is 10.6. The molecule has 0 saturated carbocycles. The van der Waals surface area contributed by atoms with Crippen molar-refractivity contribution in [2.75, 3.05) is 19.6 Å². The van der Waals surface area contributed by atoms with E-state index in [0.717, 1.165) is 19.4 Å². The lowest BCUT2D eigenvalue weighted by molar-refractivity contribution is 0.133. The van der Waals surface area contributed by atoms with Crippen molar-refractivity contribution in [1.29, 1.82) is 0 Å². The summed E-state index contributed by atoms with van der Waals surface area (Å²) in [5.74, 6) is 0.582. The summed E-state index contributed by atoms with van der Waals surface area (Å²) in [5, 5.41) is 0. The number of carbonyl (C=O) groups excluding carboxylic acids is 1. The lowest BCUT2D eigenvalue weighted by Gasteiger charge is -2.19. The summed E-state index contributed by atoms with van der Waals surface area (Å²) in [7, 11) is 0. The van der Waals surface area contributed by atoms with Crippen molar-refractivity contribution in [2.45, 2.75) is 32.8 Å². The first kappa shape index (κ1) is 11.3. The van der Waals surface area contributed by atoms with Crippen molar-refractivity contribution in [3.8, 4) is 0 Å². The van der Waals surface area contributed by atoms with Crippen molar-refractivity contribution in [3.63, 3.8) is 0 Å². The second kappa shape index (κ2) is 5.20. The fraction of sp³-hybridized carbons (Fsp3) is 0.900. The molecule has 1 rings (SSSR count). The van der Waals surface area contributed by atoms with Gasteiger partial charge in [0.1, 0.15) is 6.10 Å². The largest absolute Gasteiger partial charge is 0.443 e. The van der Waals surface area contributed by atoms with Crippen LogP contribution in [0.15, 0.2) is 0 Å². The van der Waals surface area contributed by atoms with E-state index in [-0.39, 0.29) is 12.2 Å². The summed E-state index contributed by atoms with van der Waals surface area (Å²) in [6.45, 7) is 6.19. The zero-order valence-electron chi connectivity index (χ0n) is 9.03. The van der Waals surface area contributed by atoms with Crippen LogP contribution < -0.4 is 5.73 Å². The van der Waals surface area contributed by atoms with Crippen LogP contribution in [0, 0.1) is 5.92 Å². The second-order valence-corrected chi connectivity index (χ2v) is 3.83. The lowest BCUT2D eigenvalue weighted by Crippen LogP contribution is -2.31. The monoisotopic (exact) mass is 200 g/mol. The van der Waals surface area contributed by atoms with E-state index in [0.29, 0.717) is 19.0 Å². The molecule has 0 spiro atoms. The van der Waals surface area contributed by atoms with E-state index in [9.17, 15) is 4.79 Å². The van der Waals surface area contributed by atoms with Crippen LogP contribution in [0.5, 0.6) is 0 Å². The predicted octanol–water partition coefficient (Wildman–Crippen LogP) is 1.20. The smallest absolute Gasteiger partial charge is 0.410 e. The maximum atomic E-state index is 11.4. The molecule has 1 aliphatic rings. The third-order valence-electron chi connectivity index (χ3n) is 2.85. The molecule has 1 aliphatic heterocycles. The highest BCUT2D eigenvalue weighted by atomic mass is 16.6. The first-order valence-electron chi connectivity index (χ1n) is 5.36.